The molecule has 0 saturated carbocycles. The third kappa shape index (κ3) is 2.07. The van der Waals surface area contributed by atoms with Crippen LogP contribution in [-0.2, 0) is 0 Å². The SMILES string of the molecule is CC(C)/C=C\c1c(C=N)sc2ccccc12. The summed E-state index contributed by atoms with van der Waals surface area (Å²) in [7, 11) is 0. The molecule has 1 heterocycles. The van der Waals surface area contributed by atoms with Gasteiger partial charge in [-0.1, -0.05) is 44.2 Å². The normalized spacial score (nSPS) is 11.7. The summed E-state index contributed by atoms with van der Waals surface area (Å²) < 4.78 is 1.25. The molecular weight excluding hydrogens is 214 g/mol. The quantitative estimate of drug-likeness (QED) is 0.746. The molecule has 0 unspecified atom stereocenters. The van der Waals surface area contributed by atoms with E-state index in [1.54, 1.807) is 11.3 Å². The van der Waals surface area contributed by atoms with Crippen molar-refractivity contribution in [3.05, 3.63) is 40.8 Å². The van der Waals surface area contributed by atoms with E-state index < -0.39 is 0 Å². The lowest BCUT2D eigenvalue weighted by Gasteiger charge is -1.96. The number of nitrogens with one attached hydrogen (secondary N) is 1. The Labute approximate surface area is 99.9 Å². The van der Waals surface area contributed by atoms with Gasteiger partial charge in [0.05, 0.1) is 4.88 Å². The molecule has 0 aliphatic heterocycles. The standard InChI is InChI=1S/C14H15NS/c1-10(2)7-8-12-11-5-3-4-6-13(11)16-14(12)9-15/h3-10,15H,1-2H3/b8-7-,15-9?. The Morgan fingerprint density at radius 2 is 2.00 bits per heavy atom. The van der Waals surface area contributed by atoms with Gasteiger partial charge in [0.2, 0.25) is 0 Å². The molecule has 0 aliphatic carbocycles. The van der Waals surface area contributed by atoms with E-state index >= 15 is 0 Å². The highest BCUT2D eigenvalue weighted by molar-refractivity contribution is 7.20. The van der Waals surface area contributed by atoms with Crippen LogP contribution in [0.5, 0.6) is 0 Å². The second kappa shape index (κ2) is 4.62. The van der Waals surface area contributed by atoms with E-state index in [4.69, 9.17) is 5.41 Å². The van der Waals surface area contributed by atoms with Gasteiger partial charge >= 0.3 is 0 Å². The van der Waals surface area contributed by atoms with Crippen LogP contribution in [0.4, 0.5) is 0 Å². The summed E-state index contributed by atoms with van der Waals surface area (Å²) in [5.41, 5.74) is 1.18. The first-order valence-corrected chi connectivity index (χ1v) is 6.24. The number of hydrogen-bond acceptors (Lipinski definition) is 2. The van der Waals surface area contributed by atoms with Crippen molar-refractivity contribution in [1.82, 2.24) is 0 Å². The highest BCUT2D eigenvalue weighted by Gasteiger charge is 2.06. The maximum atomic E-state index is 7.45. The van der Waals surface area contributed by atoms with Gasteiger partial charge in [0.25, 0.3) is 0 Å². The second-order valence-corrected chi connectivity index (χ2v) is 5.21. The van der Waals surface area contributed by atoms with Gasteiger partial charge in [-0.2, -0.15) is 0 Å². The summed E-state index contributed by atoms with van der Waals surface area (Å²) in [6.07, 6.45) is 5.77. The fraction of sp³-hybridized carbons (Fsp3) is 0.214. The van der Waals surface area contributed by atoms with Crippen LogP contribution in [0.15, 0.2) is 30.3 Å². The Kier molecular flexibility index (Phi) is 3.20. The largest absolute Gasteiger partial charge is 0.307 e. The minimum atomic E-state index is 0.539. The van der Waals surface area contributed by atoms with E-state index in [0.717, 1.165) is 4.88 Å². The molecule has 0 fully saturated rings. The molecule has 0 spiro atoms. The van der Waals surface area contributed by atoms with E-state index in [9.17, 15) is 0 Å². The molecule has 1 aromatic carbocycles. The summed E-state index contributed by atoms with van der Waals surface area (Å²) in [4.78, 5) is 1.04. The Hall–Kier alpha value is -1.41. The molecule has 2 rings (SSSR count). The molecule has 0 saturated heterocycles. The van der Waals surface area contributed by atoms with E-state index in [2.05, 4.69) is 44.2 Å². The van der Waals surface area contributed by atoms with E-state index in [0.29, 0.717) is 5.92 Å². The van der Waals surface area contributed by atoms with Crippen molar-refractivity contribution in [2.45, 2.75) is 13.8 Å². The maximum absolute atomic E-state index is 7.45. The number of allylic oxidation sites excluding steroid dienone is 1. The lowest BCUT2D eigenvalue weighted by molar-refractivity contribution is 0.836. The first kappa shape index (κ1) is 11.1. The topological polar surface area (TPSA) is 23.9 Å². The Balaban J connectivity index is 2.60. The molecule has 1 nitrogen and oxygen atoms in total. The summed E-state index contributed by atoms with van der Waals surface area (Å²) >= 11 is 1.68. The molecular formula is C14H15NS. The van der Waals surface area contributed by atoms with Crippen molar-refractivity contribution in [3.8, 4) is 0 Å². The van der Waals surface area contributed by atoms with Gasteiger partial charge in [-0.25, -0.2) is 0 Å². The fourth-order valence-electron chi connectivity index (χ4n) is 1.65. The van der Waals surface area contributed by atoms with Gasteiger partial charge in [0.1, 0.15) is 0 Å². The predicted molar refractivity (Wildman–Crippen MR) is 73.6 cm³/mol. The smallest absolute Gasteiger partial charge is 0.0530 e. The summed E-state index contributed by atoms with van der Waals surface area (Å²) in [6.45, 7) is 4.32. The molecule has 0 bridgehead atoms. The third-order valence-corrected chi connectivity index (χ3v) is 3.58. The monoisotopic (exact) mass is 229 g/mol. The third-order valence-electron chi connectivity index (χ3n) is 2.44. The zero-order chi connectivity index (χ0) is 11.5. The highest BCUT2D eigenvalue weighted by Crippen LogP contribution is 2.31. The van der Waals surface area contributed by atoms with E-state index in [1.165, 1.54) is 21.9 Å². The summed E-state index contributed by atoms with van der Waals surface area (Å²) in [5.74, 6) is 0.539. The van der Waals surface area contributed by atoms with Crippen molar-refractivity contribution in [2.75, 3.05) is 0 Å². The molecule has 2 aromatic rings. The van der Waals surface area contributed by atoms with Crippen LogP contribution in [0.25, 0.3) is 16.2 Å². The van der Waals surface area contributed by atoms with E-state index in [-0.39, 0.29) is 0 Å². The van der Waals surface area contributed by atoms with Crippen LogP contribution in [0.3, 0.4) is 0 Å². The lowest BCUT2D eigenvalue weighted by Crippen LogP contribution is -1.80. The van der Waals surface area contributed by atoms with Crippen LogP contribution in [0.2, 0.25) is 0 Å². The number of rotatable bonds is 3. The van der Waals surface area contributed by atoms with E-state index in [1.807, 2.05) is 6.07 Å². The van der Waals surface area contributed by atoms with Crippen LogP contribution < -0.4 is 0 Å². The van der Waals surface area contributed by atoms with Crippen LogP contribution in [0.1, 0.15) is 24.3 Å². The number of thiophene rings is 1. The molecule has 1 N–H and O–H groups in total. The second-order valence-electron chi connectivity index (χ2n) is 4.12. The number of fused-ring (bicyclic) bond motifs is 1. The van der Waals surface area contributed by atoms with Crippen LogP contribution in [0, 0.1) is 11.3 Å². The minimum Gasteiger partial charge on any atom is -0.307 e. The van der Waals surface area contributed by atoms with Gasteiger partial charge < -0.3 is 5.41 Å². The predicted octanol–water partition coefficient (Wildman–Crippen LogP) is 4.57. The highest BCUT2D eigenvalue weighted by atomic mass is 32.1. The molecule has 16 heavy (non-hydrogen) atoms. The lowest BCUT2D eigenvalue weighted by atomic mass is 10.1. The van der Waals surface area contributed by atoms with Crippen molar-refractivity contribution in [2.24, 2.45) is 5.92 Å². The van der Waals surface area contributed by atoms with Gasteiger partial charge in [-0.3, -0.25) is 0 Å². The van der Waals surface area contributed by atoms with Crippen molar-refractivity contribution >= 4 is 33.7 Å². The maximum Gasteiger partial charge on any atom is 0.0530 e. The average Bonchev–Trinajstić information content (AvgIpc) is 2.64. The van der Waals surface area contributed by atoms with Crippen LogP contribution >= 0.6 is 11.3 Å². The van der Waals surface area contributed by atoms with Gasteiger partial charge in [0.15, 0.2) is 0 Å². The summed E-state index contributed by atoms with van der Waals surface area (Å²) in [5, 5.41) is 8.71. The minimum absolute atomic E-state index is 0.539. The Bertz CT molecular complexity index is 535. The number of hydrogen-bond donors (Lipinski definition) is 1. The zero-order valence-corrected chi connectivity index (χ0v) is 10.3. The van der Waals surface area contributed by atoms with Crippen molar-refractivity contribution in [3.63, 3.8) is 0 Å². The molecule has 0 atom stereocenters. The van der Waals surface area contributed by atoms with Crippen molar-refractivity contribution < 1.29 is 0 Å². The molecule has 1 aromatic heterocycles. The number of benzene rings is 1. The molecule has 0 radical (unpaired) electrons. The molecule has 82 valence electrons. The Morgan fingerprint density at radius 3 is 2.69 bits per heavy atom. The zero-order valence-electron chi connectivity index (χ0n) is 9.53. The molecule has 2 heteroatoms. The average molecular weight is 229 g/mol. The van der Waals surface area contributed by atoms with Gasteiger partial charge in [-0.15, -0.1) is 11.3 Å². The van der Waals surface area contributed by atoms with Gasteiger partial charge in [0, 0.05) is 21.9 Å². The summed E-state index contributed by atoms with van der Waals surface area (Å²) in [6, 6.07) is 8.33. The van der Waals surface area contributed by atoms with Crippen molar-refractivity contribution in [1.29, 1.82) is 5.41 Å². The first-order valence-electron chi connectivity index (χ1n) is 5.42. The first-order chi connectivity index (χ1) is 7.72. The Morgan fingerprint density at radius 1 is 1.25 bits per heavy atom. The molecule has 0 aliphatic rings. The fourth-order valence-corrected chi connectivity index (χ4v) is 2.67. The van der Waals surface area contributed by atoms with Crippen LogP contribution in [-0.4, -0.2) is 6.21 Å². The van der Waals surface area contributed by atoms with Gasteiger partial charge in [-0.05, 0) is 12.0 Å². The molecule has 0 amide bonds.